The number of nitrogens with zero attached hydrogens (tertiary/aromatic N) is 1. The Balaban J connectivity index is 1.69. The van der Waals surface area contributed by atoms with Crippen molar-refractivity contribution < 1.29 is 30.8 Å². The van der Waals surface area contributed by atoms with Crippen LogP contribution in [-0.4, -0.2) is 42.7 Å². The predicted molar refractivity (Wildman–Crippen MR) is 127 cm³/mol. The van der Waals surface area contributed by atoms with Crippen molar-refractivity contribution in [2.45, 2.75) is 4.90 Å². The molecular formula is C22H22FN3O6S2. The first-order valence-corrected chi connectivity index (χ1v) is 13.1. The largest absolute Gasteiger partial charge is 0.497 e. The zero-order chi connectivity index (χ0) is 24.9. The smallest absolute Gasteiger partial charge is 0.261 e. The molecule has 2 N–H and O–H groups in total. The first-order chi connectivity index (χ1) is 16.0. The third-order valence-corrected chi connectivity index (χ3v) is 7.13. The van der Waals surface area contributed by atoms with Crippen LogP contribution in [0.4, 0.5) is 21.5 Å². The molecule has 0 saturated heterocycles. The van der Waals surface area contributed by atoms with Gasteiger partial charge in [-0.15, -0.1) is 0 Å². The molecule has 1 amide bonds. The highest BCUT2D eigenvalue weighted by Gasteiger charge is 2.21. The van der Waals surface area contributed by atoms with Crippen molar-refractivity contribution >= 4 is 43.0 Å². The molecule has 0 atom stereocenters. The van der Waals surface area contributed by atoms with Crippen molar-refractivity contribution in [2.75, 3.05) is 34.3 Å². The fourth-order valence-electron chi connectivity index (χ4n) is 2.93. The molecule has 0 spiro atoms. The third kappa shape index (κ3) is 6.45. The summed E-state index contributed by atoms with van der Waals surface area (Å²) in [6, 6.07) is 16.4. The topological polar surface area (TPSA) is 122 Å². The quantitative estimate of drug-likeness (QED) is 0.459. The Labute approximate surface area is 197 Å². The van der Waals surface area contributed by atoms with E-state index in [-0.39, 0.29) is 16.3 Å². The summed E-state index contributed by atoms with van der Waals surface area (Å²) in [5.41, 5.74) is 0.742. The number of amides is 1. The summed E-state index contributed by atoms with van der Waals surface area (Å²) in [5.74, 6) is -0.628. The Morgan fingerprint density at radius 1 is 0.882 bits per heavy atom. The van der Waals surface area contributed by atoms with Crippen molar-refractivity contribution in [1.82, 2.24) is 0 Å². The van der Waals surface area contributed by atoms with Gasteiger partial charge in [0.1, 0.15) is 18.1 Å². The molecule has 0 aromatic heterocycles. The second kappa shape index (κ2) is 10.1. The number of carbonyl (C=O) groups excluding carboxylic acids is 1. The number of carbonyl (C=O) groups is 1. The van der Waals surface area contributed by atoms with Crippen LogP contribution in [0.1, 0.15) is 0 Å². The minimum Gasteiger partial charge on any atom is -0.497 e. The standard InChI is InChI=1S/C22H22FN3O6S2/c1-32-20-11-5-18(6-12-20)25-34(30,31)21-13-7-17(8-14-21)24-22(27)15-26(33(2,28)29)19-9-3-16(23)4-10-19/h3-14,25H,15H2,1-2H3,(H,24,27). The van der Waals surface area contributed by atoms with E-state index in [1.807, 2.05) is 0 Å². The van der Waals surface area contributed by atoms with Gasteiger partial charge in [-0.1, -0.05) is 0 Å². The maximum Gasteiger partial charge on any atom is 0.261 e. The first-order valence-electron chi connectivity index (χ1n) is 9.78. The molecule has 0 radical (unpaired) electrons. The second-order valence-corrected chi connectivity index (χ2v) is 10.7. The summed E-state index contributed by atoms with van der Waals surface area (Å²) < 4.78 is 70.9. The molecular weight excluding hydrogens is 485 g/mol. The van der Waals surface area contributed by atoms with Gasteiger partial charge in [-0.2, -0.15) is 0 Å². The number of hydrogen-bond acceptors (Lipinski definition) is 6. The number of hydrogen-bond donors (Lipinski definition) is 2. The van der Waals surface area contributed by atoms with E-state index >= 15 is 0 Å². The minimum atomic E-state index is -3.88. The Morgan fingerprint density at radius 3 is 1.97 bits per heavy atom. The SMILES string of the molecule is COc1ccc(NS(=O)(=O)c2ccc(NC(=O)CN(c3ccc(F)cc3)S(C)(=O)=O)cc2)cc1. The van der Waals surface area contributed by atoms with E-state index < -0.39 is 38.3 Å². The normalized spacial score (nSPS) is 11.5. The number of methoxy groups -OCH3 is 1. The average molecular weight is 508 g/mol. The number of ether oxygens (including phenoxy) is 1. The van der Waals surface area contributed by atoms with Gasteiger partial charge in [-0.3, -0.25) is 13.8 Å². The number of sulfonamides is 2. The lowest BCUT2D eigenvalue weighted by Crippen LogP contribution is -2.37. The maximum absolute atomic E-state index is 13.2. The lowest BCUT2D eigenvalue weighted by atomic mass is 10.3. The fraction of sp³-hybridized carbons (Fsp3) is 0.136. The minimum absolute atomic E-state index is 0.0367. The van der Waals surface area contributed by atoms with E-state index in [0.29, 0.717) is 11.4 Å². The molecule has 180 valence electrons. The number of nitrogens with one attached hydrogen (secondary N) is 2. The Hall–Kier alpha value is -3.64. The van der Waals surface area contributed by atoms with Crippen LogP contribution in [0.15, 0.2) is 77.7 Å². The average Bonchev–Trinajstić information content (AvgIpc) is 2.78. The molecule has 12 heteroatoms. The van der Waals surface area contributed by atoms with Crippen LogP contribution in [0, 0.1) is 5.82 Å². The molecule has 3 aromatic rings. The van der Waals surface area contributed by atoms with Crippen molar-refractivity contribution in [3.8, 4) is 5.75 Å². The highest BCUT2D eigenvalue weighted by Crippen LogP contribution is 2.21. The monoisotopic (exact) mass is 507 g/mol. The number of halogens is 1. The van der Waals surface area contributed by atoms with Crippen LogP contribution in [0.5, 0.6) is 5.75 Å². The van der Waals surface area contributed by atoms with Gasteiger partial charge in [0, 0.05) is 11.4 Å². The number of rotatable bonds is 9. The van der Waals surface area contributed by atoms with Crippen LogP contribution >= 0.6 is 0 Å². The summed E-state index contributed by atoms with van der Waals surface area (Å²) in [4.78, 5) is 12.4. The molecule has 0 fully saturated rings. The van der Waals surface area contributed by atoms with Crippen LogP contribution in [-0.2, 0) is 24.8 Å². The second-order valence-electron chi connectivity index (χ2n) is 7.15. The molecule has 0 bridgehead atoms. The molecule has 0 aliphatic carbocycles. The van der Waals surface area contributed by atoms with E-state index in [4.69, 9.17) is 4.74 Å². The first kappa shape index (κ1) is 25.0. The van der Waals surface area contributed by atoms with Crippen molar-refractivity contribution in [3.05, 3.63) is 78.6 Å². The van der Waals surface area contributed by atoms with Crippen LogP contribution in [0.25, 0.3) is 0 Å². The van der Waals surface area contributed by atoms with E-state index in [1.165, 1.54) is 43.5 Å². The molecule has 0 unspecified atom stereocenters. The van der Waals surface area contributed by atoms with Gasteiger partial charge in [0.15, 0.2) is 0 Å². The highest BCUT2D eigenvalue weighted by atomic mass is 32.2. The van der Waals surface area contributed by atoms with E-state index in [1.54, 1.807) is 24.3 Å². The molecule has 0 aliphatic rings. The summed E-state index contributed by atoms with van der Waals surface area (Å²) in [6.45, 7) is -0.552. The molecule has 0 saturated carbocycles. The van der Waals surface area contributed by atoms with Gasteiger partial charge in [0.05, 0.1) is 23.9 Å². The molecule has 0 aliphatic heterocycles. The van der Waals surface area contributed by atoms with Gasteiger partial charge < -0.3 is 10.1 Å². The zero-order valence-electron chi connectivity index (χ0n) is 18.2. The Bertz CT molecular complexity index is 1360. The van der Waals surface area contributed by atoms with Gasteiger partial charge >= 0.3 is 0 Å². The van der Waals surface area contributed by atoms with Crippen LogP contribution in [0.3, 0.4) is 0 Å². The Kier molecular flexibility index (Phi) is 7.42. The van der Waals surface area contributed by atoms with Crippen molar-refractivity contribution in [2.24, 2.45) is 0 Å². The maximum atomic E-state index is 13.2. The zero-order valence-corrected chi connectivity index (χ0v) is 19.9. The van der Waals surface area contributed by atoms with Crippen LogP contribution in [0.2, 0.25) is 0 Å². The van der Waals surface area contributed by atoms with Crippen molar-refractivity contribution in [3.63, 3.8) is 0 Å². The summed E-state index contributed by atoms with van der Waals surface area (Å²) in [6.07, 6.45) is 0.930. The lowest BCUT2D eigenvalue weighted by Gasteiger charge is -2.21. The predicted octanol–water partition coefficient (Wildman–Crippen LogP) is 3.04. The van der Waals surface area contributed by atoms with E-state index in [2.05, 4.69) is 10.0 Å². The van der Waals surface area contributed by atoms with E-state index in [0.717, 1.165) is 22.7 Å². The Morgan fingerprint density at radius 2 is 1.44 bits per heavy atom. The molecule has 34 heavy (non-hydrogen) atoms. The van der Waals surface area contributed by atoms with Gasteiger partial charge in [0.25, 0.3) is 10.0 Å². The number of anilines is 3. The summed E-state index contributed by atoms with van der Waals surface area (Å²) in [5, 5.41) is 2.52. The van der Waals surface area contributed by atoms with Gasteiger partial charge in [0.2, 0.25) is 15.9 Å². The van der Waals surface area contributed by atoms with E-state index in [9.17, 15) is 26.0 Å². The molecule has 3 rings (SSSR count). The third-order valence-electron chi connectivity index (χ3n) is 4.59. The lowest BCUT2D eigenvalue weighted by molar-refractivity contribution is -0.114. The molecule has 0 heterocycles. The van der Waals surface area contributed by atoms with Crippen LogP contribution < -0.4 is 19.1 Å². The van der Waals surface area contributed by atoms with Gasteiger partial charge in [-0.25, -0.2) is 21.2 Å². The summed E-state index contributed by atoms with van der Waals surface area (Å²) in [7, 11) is -6.20. The summed E-state index contributed by atoms with van der Waals surface area (Å²) >= 11 is 0. The van der Waals surface area contributed by atoms with Gasteiger partial charge in [-0.05, 0) is 72.8 Å². The van der Waals surface area contributed by atoms with Crippen molar-refractivity contribution in [1.29, 1.82) is 0 Å². The fourth-order valence-corrected chi connectivity index (χ4v) is 4.84. The molecule has 9 nitrogen and oxygen atoms in total. The highest BCUT2D eigenvalue weighted by molar-refractivity contribution is 7.92. The molecule has 3 aromatic carbocycles. The number of benzene rings is 3.